The van der Waals surface area contributed by atoms with Gasteiger partial charge in [-0.05, 0) is 44.4 Å². The van der Waals surface area contributed by atoms with E-state index in [-0.39, 0.29) is 6.42 Å². The number of amides is 2. The zero-order valence-corrected chi connectivity index (χ0v) is 15.5. The van der Waals surface area contributed by atoms with Crippen molar-refractivity contribution in [1.82, 2.24) is 5.32 Å². The zero-order valence-electron chi connectivity index (χ0n) is 13.9. The molecule has 0 aliphatic rings. The maximum absolute atomic E-state index is 11.6. The molecule has 0 aliphatic carbocycles. The highest BCUT2D eigenvalue weighted by Gasteiger charge is 2.16. The number of ether oxygens (including phenoxy) is 2. The van der Waals surface area contributed by atoms with Gasteiger partial charge in [-0.15, -0.1) is 0 Å². The number of alkyl carbamates (subject to hydrolysis) is 1. The second-order valence-corrected chi connectivity index (χ2v) is 6.93. The van der Waals surface area contributed by atoms with Gasteiger partial charge in [0, 0.05) is 11.0 Å². The lowest BCUT2D eigenvalue weighted by Crippen LogP contribution is -2.33. The van der Waals surface area contributed by atoms with Crippen LogP contribution in [0.25, 0.3) is 0 Å². The monoisotopic (exact) mass is 386 g/mol. The van der Waals surface area contributed by atoms with E-state index in [9.17, 15) is 9.59 Å². The van der Waals surface area contributed by atoms with E-state index in [1.54, 1.807) is 33.9 Å². The molecule has 0 fully saturated rings. The molecule has 0 saturated carbocycles. The van der Waals surface area contributed by atoms with Crippen molar-refractivity contribution in [3.05, 3.63) is 27.7 Å². The van der Waals surface area contributed by atoms with Crippen LogP contribution in [0.2, 0.25) is 0 Å². The van der Waals surface area contributed by atoms with Crippen LogP contribution in [0.4, 0.5) is 4.79 Å². The summed E-state index contributed by atoms with van der Waals surface area (Å²) in [6.07, 6.45) is 0.212. The van der Waals surface area contributed by atoms with Crippen LogP contribution >= 0.6 is 15.9 Å². The summed E-state index contributed by atoms with van der Waals surface area (Å²) < 4.78 is 11.3. The van der Waals surface area contributed by atoms with Crippen molar-refractivity contribution in [2.24, 2.45) is 5.73 Å². The molecule has 128 valence electrons. The van der Waals surface area contributed by atoms with Gasteiger partial charge in [-0.2, -0.15) is 0 Å². The average molecular weight is 387 g/mol. The molecule has 0 saturated heterocycles. The molecule has 1 aromatic carbocycles. The molecule has 6 nitrogen and oxygen atoms in total. The number of primary amides is 1. The van der Waals surface area contributed by atoms with Crippen LogP contribution < -0.4 is 15.8 Å². The summed E-state index contributed by atoms with van der Waals surface area (Å²) >= 11 is 3.40. The summed E-state index contributed by atoms with van der Waals surface area (Å²) in [4.78, 5) is 22.8. The van der Waals surface area contributed by atoms with E-state index in [1.165, 1.54) is 0 Å². The molecule has 7 heteroatoms. The van der Waals surface area contributed by atoms with Gasteiger partial charge in [0.05, 0.1) is 13.5 Å². The number of hydrogen-bond donors (Lipinski definition) is 2. The fraction of sp³-hybridized carbons (Fsp3) is 0.500. The van der Waals surface area contributed by atoms with E-state index < -0.39 is 17.6 Å². The lowest BCUT2D eigenvalue weighted by atomic mass is 10.0. The molecular weight excluding hydrogens is 364 g/mol. The minimum atomic E-state index is -0.534. The van der Waals surface area contributed by atoms with Crippen LogP contribution in [-0.4, -0.2) is 31.3 Å². The van der Waals surface area contributed by atoms with Gasteiger partial charge in [-0.25, -0.2) is 4.79 Å². The smallest absolute Gasteiger partial charge is 0.407 e. The molecule has 0 heterocycles. The summed E-state index contributed by atoms with van der Waals surface area (Å²) in [5, 5.41) is 2.69. The molecule has 2 amide bonds. The molecule has 23 heavy (non-hydrogen) atoms. The molecule has 0 aromatic heterocycles. The Hall–Kier alpha value is -1.76. The number of carbonyl (C=O) groups is 2. The summed E-state index contributed by atoms with van der Waals surface area (Å²) in [5.74, 6) is 0.268. The highest BCUT2D eigenvalue weighted by atomic mass is 79.9. The Bertz CT molecular complexity index is 582. The first-order valence-corrected chi connectivity index (χ1v) is 8.02. The van der Waals surface area contributed by atoms with Crippen LogP contribution in [0.3, 0.4) is 0 Å². The normalized spacial score (nSPS) is 11.0. The number of nitrogens with two attached hydrogens (primary N) is 1. The van der Waals surface area contributed by atoms with Gasteiger partial charge in [0.15, 0.2) is 0 Å². The third-order valence-electron chi connectivity index (χ3n) is 2.88. The van der Waals surface area contributed by atoms with Gasteiger partial charge in [0.1, 0.15) is 11.4 Å². The van der Waals surface area contributed by atoms with E-state index in [1.807, 2.05) is 6.07 Å². The number of methoxy groups -OCH3 is 1. The number of halogens is 1. The van der Waals surface area contributed by atoms with Crippen LogP contribution in [0, 0.1) is 0 Å². The van der Waals surface area contributed by atoms with E-state index in [4.69, 9.17) is 15.2 Å². The summed E-state index contributed by atoms with van der Waals surface area (Å²) in [6, 6.07) is 3.64. The van der Waals surface area contributed by atoms with Crippen LogP contribution in [-0.2, 0) is 22.4 Å². The number of rotatable bonds is 6. The first-order chi connectivity index (χ1) is 10.6. The molecule has 0 radical (unpaired) electrons. The molecule has 0 spiro atoms. The SMILES string of the molecule is COc1cc(Br)c(CC(N)=O)cc1CCNC(=O)OC(C)(C)C. The van der Waals surface area contributed by atoms with Crippen LogP contribution in [0.5, 0.6) is 5.75 Å². The molecular formula is C16H23BrN2O4. The lowest BCUT2D eigenvalue weighted by molar-refractivity contribution is -0.117. The predicted molar refractivity (Wildman–Crippen MR) is 91.5 cm³/mol. The van der Waals surface area contributed by atoms with E-state index in [0.29, 0.717) is 18.7 Å². The van der Waals surface area contributed by atoms with Crippen molar-refractivity contribution in [3.8, 4) is 5.75 Å². The number of hydrogen-bond acceptors (Lipinski definition) is 4. The Morgan fingerprint density at radius 2 is 1.91 bits per heavy atom. The number of nitrogens with one attached hydrogen (secondary N) is 1. The first-order valence-electron chi connectivity index (χ1n) is 7.23. The average Bonchev–Trinajstić information content (AvgIpc) is 2.39. The number of benzene rings is 1. The van der Waals surface area contributed by atoms with Gasteiger partial charge in [-0.1, -0.05) is 22.0 Å². The topological polar surface area (TPSA) is 90.6 Å². The molecule has 0 aliphatic heterocycles. The summed E-state index contributed by atoms with van der Waals surface area (Å²) in [7, 11) is 1.57. The third kappa shape index (κ3) is 6.90. The van der Waals surface area contributed by atoms with E-state index in [0.717, 1.165) is 15.6 Å². The Balaban J connectivity index is 2.75. The Kier molecular flexibility index (Phi) is 6.87. The molecule has 3 N–H and O–H groups in total. The van der Waals surface area contributed by atoms with Gasteiger partial charge in [-0.3, -0.25) is 4.79 Å². The summed E-state index contributed by atoms with van der Waals surface area (Å²) in [5.41, 5.74) is 6.38. The summed E-state index contributed by atoms with van der Waals surface area (Å²) in [6.45, 7) is 5.81. The molecule has 1 rings (SSSR count). The van der Waals surface area contributed by atoms with Crippen molar-refractivity contribution in [3.63, 3.8) is 0 Å². The Morgan fingerprint density at radius 1 is 1.26 bits per heavy atom. The van der Waals surface area contributed by atoms with Gasteiger partial charge < -0.3 is 20.5 Å². The van der Waals surface area contributed by atoms with Crippen molar-refractivity contribution in [2.45, 2.75) is 39.2 Å². The quantitative estimate of drug-likeness (QED) is 0.785. The highest BCUT2D eigenvalue weighted by Crippen LogP contribution is 2.28. The highest BCUT2D eigenvalue weighted by molar-refractivity contribution is 9.10. The van der Waals surface area contributed by atoms with E-state index >= 15 is 0 Å². The first kappa shape index (κ1) is 19.3. The van der Waals surface area contributed by atoms with Crippen molar-refractivity contribution in [2.75, 3.05) is 13.7 Å². The molecule has 0 atom stereocenters. The molecule has 0 unspecified atom stereocenters. The molecule has 1 aromatic rings. The second kappa shape index (κ2) is 8.19. The fourth-order valence-electron chi connectivity index (χ4n) is 1.97. The minimum Gasteiger partial charge on any atom is -0.496 e. The zero-order chi connectivity index (χ0) is 17.6. The largest absolute Gasteiger partial charge is 0.496 e. The third-order valence-corrected chi connectivity index (χ3v) is 3.61. The van der Waals surface area contributed by atoms with Gasteiger partial charge in [0.25, 0.3) is 0 Å². The maximum atomic E-state index is 11.6. The maximum Gasteiger partial charge on any atom is 0.407 e. The van der Waals surface area contributed by atoms with Crippen LogP contribution in [0.1, 0.15) is 31.9 Å². The standard InChI is InChI=1S/C16H23BrN2O4/c1-16(2,3)23-15(21)19-6-5-10-7-11(8-14(18)20)12(17)9-13(10)22-4/h7,9H,5-6,8H2,1-4H3,(H2,18,20)(H,19,21). The fourth-order valence-corrected chi connectivity index (χ4v) is 2.44. The second-order valence-electron chi connectivity index (χ2n) is 6.08. The Labute approximate surface area is 144 Å². The van der Waals surface area contributed by atoms with Crippen molar-refractivity contribution in [1.29, 1.82) is 0 Å². The van der Waals surface area contributed by atoms with Gasteiger partial charge >= 0.3 is 6.09 Å². The van der Waals surface area contributed by atoms with Gasteiger partial charge in [0.2, 0.25) is 5.91 Å². The lowest BCUT2D eigenvalue weighted by Gasteiger charge is -2.20. The number of carbonyl (C=O) groups excluding carboxylic acids is 2. The van der Waals surface area contributed by atoms with Crippen LogP contribution in [0.15, 0.2) is 16.6 Å². The molecule has 0 bridgehead atoms. The van der Waals surface area contributed by atoms with E-state index in [2.05, 4.69) is 21.2 Å². The minimum absolute atomic E-state index is 0.136. The Morgan fingerprint density at radius 3 is 2.43 bits per heavy atom. The van der Waals surface area contributed by atoms with Crippen molar-refractivity contribution < 1.29 is 19.1 Å². The predicted octanol–water partition coefficient (Wildman–Crippen LogP) is 2.55. The van der Waals surface area contributed by atoms with Crippen molar-refractivity contribution >= 4 is 27.9 Å².